The Kier molecular flexibility index (Phi) is 29.4. The molecule has 0 saturated carbocycles. The summed E-state index contributed by atoms with van der Waals surface area (Å²) in [4.78, 5) is 77.1. The third-order valence-electron chi connectivity index (χ3n) is 16.8. The first-order valence-electron chi connectivity index (χ1n) is 31.2. The molecule has 6 heterocycles. The molecule has 32 heteroatoms. The second-order valence-corrected chi connectivity index (χ2v) is 23.8. The van der Waals surface area contributed by atoms with E-state index >= 15 is 0 Å². The number of allylic oxidation sites excluding steroid dienone is 2. The number of nitrogens with one attached hydrogen (secondary N) is 4. The van der Waals surface area contributed by atoms with Gasteiger partial charge < -0.3 is 125 Å². The molecule has 5 amide bonds. The van der Waals surface area contributed by atoms with Crippen LogP contribution in [0.25, 0.3) is 0 Å². The normalized spacial score (nSPS) is 38.4. The molecule has 15 N–H and O–H groups in total. The maximum Gasteiger partial charge on any atom is 0.302 e. The molecule has 0 aromatic rings. The van der Waals surface area contributed by atoms with Crippen LogP contribution in [-0.2, 0) is 76.1 Å². The minimum Gasteiger partial charge on any atom is -0.463 e. The monoisotopic (exact) mass is 1300 g/mol. The van der Waals surface area contributed by atoms with Gasteiger partial charge in [-0.3, -0.25) is 33.7 Å². The van der Waals surface area contributed by atoms with Crippen molar-refractivity contribution in [3.8, 4) is 0 Å². The average molecular weight is 1300 g/mol. The van der Waals surface area contributed by atoms with Gasteiger partial charge >= 0.3 is 5.97 Å². The van der Waals surface area contributed by atoms with E-state index in [-0.39, 0.29) is 6.42 Å². The van der Waals surface area contributed by atoms with E-state index in [1.54, 1.807) is 0 Å². The highest BCUT2D eigenvalue weighted by molar-refractivity contribution is 5.78. The van der Waals surface area contributed by atoms with Gasteiger partial charge in [-0.1, -0.05) is 70.4 Å². The number of esters is 1. The van der Waals surface area contributed by atoms with Crippen molar-refractivity contribution < 1.29 is 132 Å². The van der Waals surface area contributed by atoms with Gasteiger partial charge in [0.25, 0.3) is 5.91 Å². The van der Waals surface area contributed by atoms with Gasteiger partial charge in [0.1, 0.15) is 128 Å². The molecule has 6 aliphatic heterocycles. The summed E-state index contributed by atoms with van der Waals surface area (Å²) in [5, 5.41) is 133. The Morgan fingerprint density at radius 1 is 0.478 bits per heavy atom. The lowest BCUT2D eigenvalue weighted by atomic mass is 9.94. The van der Waals surface area contributed by atoms with E-state index in [9.17, 15) is 84.9 Å². The van der Waals surface area contributed by atoms with Crippen LogP contribution in [0.15, 0.2) is 12.2 Å². The highest BCUT2D eigenvalue weighted by Gasteiger charge is 2.78. The Morgan fingerprint density at radius 3 is 1.39 bits per heavy atom. The second kappa shape index (κ2) is 35.3. The largest absolute Gasteiger partial charge is 0.463 e. The Morgan fingerprint density at radius 2 is 0.900 bits per heavy atom. The van der Waals surface area contributed by atoms with Gasteiger partial charge in [0.05, 0.1) is 26.4 Å². The van der Waals surface area contributed by atoms with E-state index in [0.29, 0.717) is 6.42 Å². The number of unbranched alkanes of at least 4 members (excludes halogenated alkanes) is 11. The molecule has 0 aliphatic carbocycles. The van der Waals surface area contributed by atoms with E-state index < -0.39 is 221 Å². The van der Waals surface area contributed by atoms with Crippen LogP contribution in [0.5, 0.6) is 0 Å². The molecule has 14 unspecified atom stereocenters. The molecule has 6 rings (SSSR count). The van der Waals surface area contributed by atoms with Crippen molar-refractivity contribution in [2.45, 2.75) is 284 Å². The molecule has 25 atom stereocenters. The molecule has 516 valence electrons. The van der Waals surface area contributed by atoms with Gasteiger partial charge in [0, 0.05) is 41.0 Å². The van der Waals surface area contributed by atoms with Crippen molar-refractivity contribution in [2.24, 2.45) is 0 Å². The summed E-state index contributed by atoms with van der Waals surface area (Å²) in [6.45, 7) is 3.11. The van der Waals surface area contributed by atoms with E-state index in [0.717, 1.165) is 90.9 Å². The number of aliphatic hydroxyl groups is 11. The quantitative estimate of drug-likeness (QED) is 0.0127. The van der Waals surface area contributed by atoms with Crippen LogP contribution in [0.4, 0.5) is 0 Å². The maximum absolute atomic E-state index is 13.5. The summed E-state index contributed by atoms with van der Waals surface area (Å²) >= 11 is 0. The van der Waals surface area contributed by atoms with E-state index in [4.69, 9.17) is 47.4 Å². The van der Waals surface area contributed by atoms with E-state index in [1.165, 1.54) is 25.7 Å². The van der Waals surface area contributed by atoms with Gasteiger partial charge in [-0.25, -0.2) is 0 Å². The molecule has 0 spiro atoms. The summed E-state index contributed by atoms with van der Waals surface area (Å²) in [6, 6.07) is -8.04. The van der Waals surface area contributed by atoms with Crippen molar-refractivity contribution in [3.05, 3.63) is 12.2 Å². The van der Waals surface area contributed by atoms with Gasteiger partial charge in [-0.05, 0) is 32.1 Å². The molecular weight excluding hydrogens is 1200 g/mol. The Bertz CT molecular complexity index is 2330. The van der Waals surface area contributed by atoms with E-state index in [2.05, 4.69) is 40.3 Å². The Hall–Kier alpha value is -4.24. The highest BCUT2D eigenvalue weighted by Crippen LogP contribution is 2.53. The third-order valence-corrected chi connectivity index (χ3v) is 16.8. The van der Waals surface area contributed by atoms with Gasteiger partial charge in [-0.15, -0.1) is 0 Å². The van der Waals surface area contributed by atoms with Crippen LogP contribution in [0.1, 0.15) is 131 Å². The highest BCUT2D eigenvalue weighted by atomic mass is 16.8. The predicted molar refractivity (Wildman–Crippen MR) is 305 cm³/mol. The number of aliphatic hydroxyl groups excluding tert-OH is 11. The fraction of sp³-hybridized carbons (Fsp3) is 0.862. The lowest BCUT2D eigenvalue weighted by molar-refractivity contribution is -0.368. The van der Waals surface area contributed by atoms with Crippen LogP contribution < -0.4 is 21.3 Å². The summed E-state index contributed by atoms with van der Waals surface area (Å²) in [6.07, 6.45) is -15.7. The van der Waals surface area contributed by atoms with Gasteiger partial charge in [0.15, 0.2) is 25.2 Å². The number of hydrogen-bond acceptors (Lipinski definition) is 27. The van der Waals surface area contributed by atoms with Crippen molar-refractivity contribution in [2.75, 3.05) is 33.0 Å². The number of carbonyl (C=O) groups is 6. The number of ether oxygens (including phenoxy) is 10. The zero-order valence-corrected chi connectivity index (χ0v) is 51.8. The number of rotatable bonds is 33. The molecule has 0 bridgehead atoms. The summed E-state index contributed by atoms with van der Waals surface area (Å²) < 4.78 is 59.7. The fourth-order valence-corrected chi connectivity index (χ4v) is 12.2. The first-order valence-corrected chi connectivity index (χ1v) is 31.2. The Labute approximate surface area is 522 Å². The standard InChI is InChI=1S/C58H97N5O27/c1-7-8-9-10-11-12-13-14-15-16-17-18-19-20-21-22-38(73)62-40-44(75)43(74)37(27-81-32(6)72)85-55(40)87-50-34(24-65)83-56(41(46(50)77)60-29(3)69)88-51-36(26-67)89-58(53(48(51)79)63(58)31(5)71)90-52-35(25-66)84-57(42(47(52)78)61-30(4)70)86-49-33(23-64)82-54(80)39(45(49)76)59-28(2)68/h12-13,33-37,39-57,64-67,74-80H,7-11,14-27H2,1-6H3,(H,59,68)(H,60,69)(H,61,70)(H,62,73)/b13-12-/t33?,34?,35?,36?,37?,39?,40?,41?,42-,43+,44?,45?,46?,47?,48?,49+,50+,51+,52+,53?,54+,55-,56-,57-,58+,63?/m0/s1. The van der Waals surface area contributed by atoms with Crippen molar-refractivity contribution in [1.29, 1.82) is 0 Å². The number of hydrogen-bond donors (Lipinski definition) is 15. The molecule has 6 fully saturated rings. The fourth-order valence-electron chi connectivity index (χ4n) is 12.2. The number of carbonyl (C=O) groups excluding carboxylic acids is 6. The summed E-state index contributed by atoms with van der Waals surface area (Å²) in [7, 11) is 0. The number of fused-ring (bicyclic) bond motifs is 1. The summed E-state index contributed by atoms with van der Waals surface area (Å²) in [5.41, 5.74) is 0. The smallest absolute Gasteiger partial charge is 0.302 e. The molecule has 6 saturated heterocycles. The molecule has 0 aromatic heterocycles. The summed E-state index contributed by atoms with van der Waals surface area (Å²) in [5.74, 6) is -6.81. The van der Waals surface area contributed by atoms with Gasteiger partial charge in [-0.2, -0.15) is 0 Å². The molecular formula is C58H97N5O27. The molecule has 6 aliphatic rings. The molecule has 0 radical (unpaired) electrons. The Balaban J connectivity index is 1.15. The van der Waals surface area contributed by atoms with Gasteiger partial charge in [0.2, 0.25) is 29.5 Å². The average Bonchev–Trinajstić information content (AvgIpc) is 1.51. The second-order valence-electron chi connectivity index (χ2n) is 23.8. The van der Waals surface area contributed by atoms with Crippen molar-refractivity contribution in [3.63, 3.8) is 0 Å². The van der Waals surface area contributed by atoms with Crippen molar-refractivity contribution in [1.82, 2.24) is 26.2 Å². The topological polar surface area (TPSA) is 468 Å². The van der Waals surface area contributed by atoms with Crippen LogP contribution in [0.2, 0.25) is 0 Å². The molecule has 32 nitrogen and oxygen atoms in total. The zero-order chi connectivity index (χ0) is 66.1. The van der Waals surface area contributed by atoms with Crippen LogP contribution in [0.3, 0.4) is 0 Å². The lowest BCUT2D eigenvalue weighted by Gasteiger charge is -2.49. The first kappa shape index (κ1) is 74.8. The van der Waals surface area contributed by atoms with Crippen molar-refractivity contribution >= 4 is 35.5 Å². The van der Waals surface area contributed by atoms with Crippen LogP contribution in [-0.4, -0.2) is 282 Å². The number of amides is 5. The molecule has 90 heavy (non-hydrogen) atoms. The maximum atomic E-state index is 13.5. The third kappa shape index (κ3) is 19.0. The zero-order valence-electron chi connectivity index (χ0n) is 51.8. The van der Waals surface area contributed by atoms with Crippen LogP contribution in [0, 0.1) is 0 Å². The lowest BCUT2D eigenvalue weighted by Crippen LogP contribution is -2.70. The molecule has 0 aromatic carbocycles. The SMILES string of the molecule is CCCCCC/C=C\CCCCCCCCCC(=O)NC1C(O)[C@H](O)C(COC(C)=O)O[C@H]1O[C@@H]1C(CO)O[C@@H](O[C@@H]2C(CO)O[C@@]3(O[C@@H]4C(CO)O[C@@H](O[C@@H]5C(CO)O[C@@H](O)C(NC(C)=O)C5O)[C@@H](NC(C)=O)C4O)C(C2O)N3C(C)=O)C(NC(C)=O)C1O. The minimum atomic E-state index is -2.41. The minimum absolute atomic E-state index is 0.0109. The van der Waals surface area contributed by atoms with Crippen LogP contribution >= 0.6 is 0 Å². The first-order chi connectivity index (χ1) is 42.9. The number of nitrogens with zero attached hydrogens (tertiary/aromatic N) is 1. The predicted octanol–water partition coefficient (Wildman–Crippen LogP) is -4.56. The van der Waals surface area contributed by atoms with E-state index in [1.807, 2.05) is 0 Å².